The summed E-state index contributed by atoms with van der Waals surface area (Å²) in [7, 11) is 0. The van der Waals surface area contributed by atoms with Gasteiger partial charge < -0.3 is 0 Å². The van der Waals surface area contributed by atoms with Gasteiger partial charge in [0.2, 0.25) is 0 Å². The van der Waals surface area contributed by atoms with Crippen molar-refractivity contribution in [1.29, 1.82) is 0 Å². The Balaban J connectivity index is 0. The first-order valence-electron chi connectivity index (χ1n) is 2.92. The Morgan fingerprint density at radius 2 is 2.10 bits per heavy atom. The molecule has 0 atom stereocenters. The zero-order valence-corrected chi connectivity index (χ0v) is 10.9. The summed E-state index contributed by atoms with van der Waals surface area (Å²) in [6.07, 6.45) is 9.21. The summed E-state index contributed by atoms with van der Waals surface area (Å²) < 4.78 is 1.42. The molecule has 0 aromatic heterocycles. The average molecular weight is 345 g/mol. The topological polar surface area (TPSA) is 0 Å². The molecule has 0 unspecified atom stereocenters. The van der Waals surface area contributed by atoms with Crippen LogP contribution in [0, 0.1) is 0 Å². The number of hydrogen-bond acceptors (Lipinski definition) is 0. The summed E-state index contributed by atoms with van der Waals surface area (Å²) in [5, 5.41) is 0. The predicted octanol–water partition coefficient (Wildman–Crippen LogP) is 3.07. The second-order valence-corrected chi connectivity index (χ2v) is 3.75. The van der Waals surface area contributed by atoms with Crippen molar-refractivity contribution in [2.24, 2.45) is 0 Å². The van der Waals surface area contributed by atoms with Gasteiger partial charge in [-0.15, -0.1) is 24.8 Å². The van der Waals surface area contributed by atoms with Crippen LogP contribution >= 0.6 is 24.8 Å². The quantitative estimate of drug-likeness (QED) is 0.676. The van der Waals surface area contributed by atoms with Crippen molar-refractivity contribution >= 4 is 24.8 Å². The van der Waals surface area contributed by atoms with Crippen LogP contribution in [0.25, 0.3) is 0 Å². The van der Waals surface area contributed by atoms with Gasteiger partial charge in [-0.1, -0.05) is 0 Å². The fourth-order valence-corrected chi connectivity index (χ4v) is 1.99. The molecule has 0 N–H and O–H groups in total. The summed E-state index contributed by atoms with van der Waals surface area (Å²) >= 11 is 1.36. The zero-order chi connectivity index (χ0) is 5.82. The molecule has 3 heteroatoms. The Kier molecular flexibility index (Phi) is 10.9. The van der Waals surface area contributed by atoms with E-state index in [0.717, 1.165) is 0 Å². The van der Waals surface area contributed by atoms with Crippen LogP contribution < -0.4 is 0 Å². The first-order valence-corrected chi connectivity index (χ1v) is 5.46. The minimum absolute atomic E-state index is 0. The first kappa shape index (κ1) is 13.5. The fraction of sp³-hybridized carbons (Fsp3) is 0.429. The molecule has 10 heavy (non-hydrogen) atoms. The van der Waals surface area contributed by atoms with Crippen LogP contribution in [0.5, 0.6) is 0 Å². The van der Waals surface area contributed by atoms with Gasteiger partial charge in [0.25, 0.3) is 0 Å². The molecule has 0 saturated carbocycles. The van der Waals surface area contributed by atoms with E-state index >= 15 is 0 Å². The van der Waals surface area contributed by atoms with Crippen molar-refractivity contribution in [3.05, 3.63) is 23.8 Å². The van der Waals surface area contributed by atoms with Gasteiger partial charge in [-0.2, -0.15) is 0 Å². The van der Waals surface area contributed by atoms with Gasteiger partial charge in [-0.3, -0.25) is 0 Å². The molecule has 0 spiro atoms. The van der Waals surface area contributed by atoms with Gasteiger partial charge in [0, 0.05) is 0 Å². The molecule has 1 aliphatic rings. The third kappa shape index (κ3) is 4.70. The number of hydrogen-bond donors (Lipinski definition) is 0. The van der Waals surface area contributed by atoms with Gasteiger partial charge in [-0.05, 0) is 0 Å². The van der Waals surface area contributed by atoms with Crippen LogP contribution in [0.1, 0.15) is 12.8 Å². The van der Waals surface area contributed by atoms with Gasteiger partial charge in [-0.25, -0.2) is 0 Å². The van der Waals surface area contributed by atoms with Crippen LogP contribution in [-0.2, 0) is 24.4 Å². The van der Waals surface area contributed by atoms with Crippen LogP contribution in [0.4, 0.5) is 0 Å². The molecule has 0 aromatic carbocycles. The van der Waals surface area contributed by atoms with Gasteiger partial charge in [0.1, 0.15) is 0 Å². The summed E-state index contributed by atoms with van der Waals surface area (Å²) in [6, 6.07) is 0. The molecule has 0 saturated heterocycles. The second-order valence-electron chi connectivity index (χ2n) is 1.96. The third-order valence-corrected chi connectivity index (χ3v) is 2.19. The molecule has 0 fully saturated rings. The maximum atomic E-state index is 2.25. The fourth-order valence-electron chi connectivity index (χ4n) is 0.838. The molecular weight excluding hydrogens is 333 g/mol. The summed E-state index contributed by atoms with van der Waals surface area (Å²) in [4.78, 5) is 0. The standard InChI is InChI=1S/C7H9.2ClH.Hf/c1-2-7-5-3-4-6-7;;;/h3-5H,1-2,6H2;2*1H;. The minimum atomic E-state index is 0. The average Bonchev–Trinajstić information content (AvgIpc) is 2.19. The Hall–Kier alpha value is 0.930. The van der Waals surface area contributed by atoms with Gasteiger partial charge >= 0.3 is 65.2 Å². The van der Waals surface area contributed by atoms with E-state index in [0.29, 0.717) is 0 Å². The molecule has 0 bridgehead atoms. The number of rotatable bonds is 2. The van der Waals surface area contributed by atoms with Crippen LogP contribution in [0.3, 0.4) is 0 Å². The van der Waals surface area contributed by atoms with E-state index in [1.54, 1.807) is 5.57 Å². The SMILES string of the molecule is Cl.Cl.[Hf][CH2]CC1=CC=CC1. The molecule has 1 aliphatic carbocycles. The molecule has 0 aliphatic heterocycles. The number of halogens is 2. The zero-order valence-electron chi connectivity index (χ0n) is 5.67. The van der Waals surface area contributed by atoms with Crippen LogP contribution in [0.2, 0.25) is 4.18 Å². The van der Waals surface area contributed by atoms with Crippen molar-refractivity contribution in [1.82, 2.24) is 0 Å². The molecule has 0 aromatic rings. The van der Waals surface area contributed by atoms with E-state index in [2.05, 4.69) is 18.2 Å². The van der Waals surface area contributed by atoms with Gasteiger partial charge in [0.15, 0.2) is 0 Å². The molecular formula is C7H11Cl2Hf. The monoisotopic (exact) mass is 345 g/mol. The van der Waals surface area contributed by atoms with E-state index in [4.69, 9.17) is 0 Å². The van der Waals surface area contributed by atoms with Crippen molar-refractivity contribution in [2.45, 2.75) is 17.0 Å². The van der Waals surface area contributed by atoms with Crippen LogP contribution in [0.15, 0.2) is 23.8 Å². The normalized spacial score (nSPS) is 13.3. The summed E-state index contributed by atoms with van der Waals surface area (Å²) in [5.74, 6) is 0. The van der Waals surface area contributed by atoms with Crippen molar-refractivity contribution < 1.29 is 24.4 Å². The summed E-state index contributed by atoms with van der Waals surface area (Å²) in [5.41, 5.74) is 1.63. The van der Waals surface area contributed by atoms with E-state index < -0.39 is 0 Å². The van der Waals surface area contributed by atoms with Gasteiger partial charge in [0.05, 0.1) is 0 Å². The van der Waals surface area contributed by atoms with Crippen LogP contribution in [-0.4, -0.2) is 0 Å². The van der Waals surface area contributed by atoms with E-state index in [-0.39, 0.29) is 24.8 Å². The van der Waals surface area contributed by atoms with Crippen molar-refractivity contribution in [3.63, 3.8) is 0 Å². The summed E-state index contributed by atoms with van der Waals surface area (Å²) in [6.45, 7) is 0. The molecule has 0 nitrogen and oxygen atoms in total. The van der Waals surface area contributed by atoms with E-state index in [9.17, 15) is 0 Å². The Morgan fingerprint density at radius 3 is 2.50 bits per heavy atom. The van der Waals surface area contributed by atoms with E-state index in [1.165, 1.54) is 41.4 Å². The molecule has 0 amide bonds. The Labute approximate surface area is 89.5 Å². The molecule has 0 radical (unpaired) electrons. The van der Waals surface area contributed by atoms with E-state index in [1.807, 2.05) is 0 Å². The predicted molar refractivity (Wildman–Crippen MR) is 45.8 cm³/mol. The third-order valence-electron chi connectivity index (χ3n) is 1.29. The maximum absolute atomic E-state index is 2.25. The van der Waals surface area contributed by atoms with Crippen molar-refractivity contribution in [3.8, 4) is 0 Å². The molecule has 1 rings (SSSR count). The first-order chi connectivity index (χ1) is 3.93. The molecule has 57 valence electrons. The van der Waals surface area contributed by atoms with Crippen molar-refractivity contribution in [2.75, 3.05) is 0 Å². The Morgan fingerprint density at radius 1 is 1.40 bits per heavy atom. The number of allylic oxidation sites excluding steroid dienone is 4. The Bertz CT molecular complexity index is 130. The second kappa shape index (κ2) is 8.03. The molecule has 0 heterocycles.